The molecule has 0 radical (unpaired) electrons. The lowest BCUT2D eigenvalue weighted by molar-refractivity contribution is 0.199. The van der Waals surface area contributed by atoms with E-state index < -0.39 is 0 Å². The van der Waals surface area contributed by atoms with Crippen molar-refractivity contribution in [2.24, 2.45) is 0 Å². The van der Waals surface area contributed by atoms with Crippen molar-refractivity contribution < 1.29 is 4.74 Å². The van der Waals surface area contributed by atoms with Crippen LogP contribution in [0.4, 0.5) is 0 Å². The molecular weight excluding hydrogens is 178 g/mol. The number of nitrogens with zero attached hydrogens (tertiary/aromatic N) is 3. The molecule has 0 saturated carbocycles. The molecule has 0 saturated heterocycles. The third kappa shape index (κ3) is 2.67. The second kappa shape index (κ2) is 5.54. The summed E-state index contributed by atoms with van der Waals surface area (Å²) >= 11 is 0. The van der Waals surface area contributed by atoms with Crippen molar-refractivity contribution in [2.45, 2.75) is 26.8 Å². The highest BCUT2D eigenvalue weighted by atomic mass is 16.5. The highest BCUT2D eigenvalue weighted by Crippen LogP contribution is 2.02. The summed E-state index contributed by atoms with van der Waals surface area (Å²) < 4.78 is 7.11. The molecule has 14 heavy (non-hydrogen) atoms. The van der Waals surface area contributed by atoms with Gasteiger partial charge in [0.25, 0.3) is 0 Å². The quantitative estimate of drug-likeness (QED) is 0.666. The first-order valence-electron chi connectivity index (χ1n) is 4.78. The largest absolute Gasteiger partial charge is 0.384 e. The van der Waals surface area contributed by atoms with Crippen molar-refractivity contribution in [2.75, 3.05) is 13.7 Å². The lowest BCUT2D eigenvalue weighted by Gasteiger charge is -2.04. The van der Waals surface area contributed by atoms with Gasteiger partial charge in [-0.05, 0) is 13.8 Å². The maximum Gasteiger partial charge on any atom is 0.135 e. The number of hydrogen-bond acceptors (Lipinski definition) is 3. The number of methoxy groups -OCH3 is 1. The second-order valence-corrected chi connectivity index (χ2v) is 3.09. The smallest absolute Gasteiger partial charge is 0.135 e. The van der Waals surface area contributed by atoms with Gasteiger partial charge in [0.05, 0.1) is 6.61 Å². The van der Waals surface area contributed by atoms with Crippen LogP contribution in [-0.2, 0) is 17.7 Å². The fourth-order valence-corrected chi connectivity index (χ4v) is 1.25. The standard InChI is InChI=1S/C10H17N3O/c1-4-5-7-13-9(2)11-12-10(13)6-8-14-3/h4-5H,6-8H2,1-3H3/b5-4-. The maximum atomic E-state index is 5.02. The predicted molar refractivity (Wildman–Crippen MR) is 55.2 cm³/mol. The van der Waals surface area contributed by atoms with Crippen LogP contribution in [0.5, 0.6) is 0 Å². The van der Waals surface area contributed by atoms with Crippen LogP contribution in [0.2, 0.25) is 0 Å². The molecule has 0 aliphatic rings. The Hall–Kier alpha value is -1.16. The molecule has 0 fully saturated rings. The molecule has 1 aromatic heterocycles. The van der Waals surface area contributed by atoms with Crippen molar-refractivity contribution in [1.29, 1.82) is 0 Å². The van der Waals surface area contributed by atoms with E-state index in [9.17, 15) is 0 Å². The van der Waals surface area contributed by atoms with Gasteiger partial charge in [-0.25, -0.2) is 0 Å². The Bertz CT molecular complexity index is 304. The predicted octanol–water partition coefficient (Wildman–Crippen LogP) is 1.35. The van der Waals surface area contributed by atoms with Gasteiger partial charge in [-0.15, -0.1) is 10.2 Å². The lowest BCUT2D eigenvalue weighted by Crippen LogP contribution is -2.07. The Morgan fingerprint density at radius 2 is 2.21 bits per heavy atom. The molecule has 4 nitrogen and oxygen atoms in total. The van der Waals surface area contributed by atoms with Crippen molar-refractivity contribution in [3.05, 3.63) is 23.8 Å². The first kappa shape index (κ1) is 10.9. The molecule has 0 N–H and O–H groups in total. The van der Waals surface area contributed by atoms with E-state index in [-0.39, 0.29) is 0 Å². The van der Waals surface area contributed by atoms with E-state index in [1.54, 1.807) is 7.11 Å². The molecule has 0 bridgehead atoms. The molecule has 1 aromatic rings. The molecule has 0 atom stereocenters. The molecule has 0 aliphatic heterocycles. The van der Waals surface area contributed by atoms with Gasteiger partial charge in [0, 0.05) is 20.1 Å². The van der Waals surface area contributed by atoms with Crippen LogP contribution in [-0.4, -0.2) is 28.5 Å². The minimum absolute atomic E-state index is 0.688. The van der Waals surface area contributed by atoms with Gasteiger partial charge in [-0.1, -0.05) is 12.2 Å². The Morgan fingerprint density at radius 1 is 1.43 bits per heavy atom. The average Bonchev–Trinajstić information content (AvgIpc) is 2.53. The summed E-state index contributed by atoms with van der Waals surface area (Å²) in [6, 6.07) is 0. The molecule has 1 heterocycles. The van der Waals surface area contributed by atoms with Gasteiger partial charge in [-0.3, -0.25) is 0 Å². The van der Waals surface area contributed by atoms with Gasteiger partial charge in [0.15, 0.2) is 0 Å². The number of rotatable bonds is 5. The van der Waals surface area contributed by atoms with Gasteiger partial charge in [-0.2, -0.15) is 0 Å². The van der Waals surface area contributed by atoms with E-state index in [1.165, 1.54) is 0 Å². The Morgan fingerprint density at radius 3 is 2.86 bits per heavy atom. The van der Waals surface area contributed by atoms with E-state index in [4.69, 9.17) is 4.74 Å². The summed E-state index contributed by atoms with van der Waals surface area (Å²) in [4.78, 5) is 0. The lowest BCUT2D eigenvalue weighted by atomic mass is 10.4. The SMILES string of the molecule is C/C=C\Cn1c(C)nnc1CCOC. The monoisotopic (exact) mass is 195 g/mol. The topological polar surface area (TPSA) is 39.9 Å². The number of hydrogen-bond donors (Lipinski definition) is 0. The highest BCUT2D eigenvalue weighted by Gasteiger charge is 2.06. The van der Waals surface area contributed by atoms with E-state index in [2.05, 4.69) is 20.8 Å². The maximum absolute atomic E-state index is 5.02. The molecule has 78 valence electrons. The molecule has 0 unspecified atom stereocenters. The summed E-state index contributed by atoms with van der Waals surface area (Å²) in [5, 5.41) is 8.15. The Kier molecular flexibility index (Phi) is 4.32. The summed E-state index contributed by atoms with van der Waals surface area (Å²) in [5.74, 6) is 1.94. The van der Waals surface area contributed by atoms with Crippen LogP contribution >= 0.6 is 0 Å². The van der Waals surface area contributed by atoms with Crippen LogP contribution in [0.3, 0.4) is 0 Å². The fraction of sp³-hybridized carbons (Fsp3) is 0.600. The van der Waals surface area contributed by atoms with Gasteiger partial charge >= 0.3 is 0 Å². The van der Waals surface area contributed by atoms with E-state index >= 15 is 0 Å². The van der Waals surface area contributed by atoms with Crippen molar-refractivity contribution in [3.63, 3.8) is 0 Å². The van der Waals surface area contributed by atoms with Crippen LogP contribution < -0.4 is 0 Å². The molecule has 0 aromatic carbocycles. The minimum atomic E-state index is 0.688. The third-order valence-corrected chi connectivity index (χ3v) is 2.07. The van der Waals surface area contributed by atoms with Gasteiger partial charge in [0.1, 0.15) is 11.6 Å². The number of ether oxygens (including phenoxy) is 1. The number of aryl methyl sites for hydroxylation is 1. The van der Waals surface area contributed by atoms with E-state index in [1.807, 2.05) is 19.9 Å². The van der Waals surface area contributed by atoms with Crippen molar-refractivity contribution in [1.82, 2.24) is 14.8 Å². The molecule has 1 rings (SSSR count). The third-order valence-electron chi connectivity index (χ3n) is 2.07. The number of aromatic nitrogens is 3. The highest BCUT2D eigenvalue weighted by molar-refractivity contribution is 4.97. The van der Waals surface area contributed by atoms with Crippen LogP contribution in [0.1, 0.15) is 18.6 Å². The molecule has 0 aliphatic carbocycles. The summed E-state index contributed by atoms with van der Waals surface area (Å²) in [5.41, 5.74) is 0. The molecule has 0 spiro atoms. The van der Waals surface area contributed by atoms with Crippen LogP contribution in [0, 0.1) is 6.92 Å². The van der Waals surface area contributed by atoms with E-state index in [0.717, 1.165) is 24.6 Å². The Labute approximate surface area is 84.6 Å². The van der Waals surface area contributed by atoms with Gasteiger partial charge < -0.3 is 9.30 Å². The number of allylic oxidation sites excluding steroid dienone is 2. The molecule has 4 heteroatoms. The molecular formula is C10H17N3O. The first-order chi connectivity index (χ1) is 6.79. The Balaban J connectivity index is 2.72. The zero-order valence-electron chi connectivity index (χ0n) is 9.03. The first-order valence-corrected chi connectivity index (χ1v) is 4.78. The van der Waals surface area contributed by atoms with Crippen molar-refractivity contribution in [3.8, 4) is 0 Å². The zero-order chi connectivity index (χ0) is 10.4. The fourth-order valence-electron chi connectivity index (χ4n) is 1.25. The van der Waals surface area contributed by atoms with Crippen molar-refractivity contribution >= 4 is 0 Å². The molecule has 0 amide bonds. The van der Waals surface area contributed by atoms with Crippen LogP contribution in [0.15, 0.2) is 12.2 Å². The average molecular weight is 195 g/mol. The summed E-state index contributed by atoms with van der Waals surface area (Å²) in [7, 11) is 1.69. The zero-order valence-corrected chi connectivity index (χ0v) is 9.03. The summed E-state index contributed by atoms with van der Waals surface area (Å²) in [6.45, 7) is 5.50. The van der Waals surface area contributed by atoms with Crippen LogP contribution in [0.25, 0.3) is 0 Å². The summed E-state index contributed by atoms with van der Waals surface area (Å²) in [6.07, 6.45) is 4.93. The second-order valence-electron chi connectivity index (χ2n) is 3.09. The normalized spacial score (nSPS) is 11.4. The van der Waals surface area contributed by atoms with E-state index in [0.29, 0.717) is 6.61 Å². The minimum Gasteiger partial charge on any atom is -0.384 e. The van der Waals surface area contributed by atoms with Gasteiger partial charge in [0.2, 0.25) is 0 Å².